The van der Waals surface area contributed by atoms with Gasteiger partial charge < -0.3 is 0 Å². The van der Waals surface area contributed by atoms with Gasteiger partial charge in [0.05, 0.1) is 0 Å². The van der Waals surface area contributed by atoms with E-state index in [0.29, 0.717) is 5.92 Å². The smallest absolute Gasteiger partial charge is 0.150 e. The summed E-state index contributed by atoms with van der Waals surface area (Å²) in [6.07, 6.45) is 5.83. The molecule has 0 heterocycles. The van der Waals surface area contributed by atoms with E-state index in [9.17, 15) is 4.79 Å². The van der Waals surface area contributed by atoms with E-state index in [2.05, 4.69) is 26.0 Å². The first-order valence-corrected chi connectivity index (χ1v) is 5.87. The average Bonchev–Trinajstić information content (AvgIpc) is 2.29. The van der Waals surface area contributed by atoms with E-state index < -0.39 is 0 Å². The van der Waals surface area contributed by atoms with E-state index in [1.807, 2.05) is 12.1 Å². The molecule has 0 spiro atoms. The van der Waals surface area contributed by atoms with Crippen molar-refractivity contribution in [2.45, 2.75) is 45.4 Å². The Labute approximate surface area is 92.5 Å². The lowest BCUT2D eigenvalue weighted by molar-refractivity contribution is 0.112. The lowest BCUT2D eigenvalue weighted by atomic mass is 9.90. The van der Waals surface area contributed by atoms with Crippen molar-refractivity contribution in [1.82, 2.24) is 0 Å². The Kier molecular flexibility index (Phi) is 5.09. The molecule has 0 atom stereocenters. The van der Waals surface area contributed by atoms with Crippen LogP contribution in [-0.4, -0.2) is 6.29 Å². The SMILES string of the molecule is CCCC(CCC)c1ccc(C=O)cc1. The molecule has 0 N–H and O–H groups in total. The third-order valence-electron chi connectivity index (χ3n) is 2.82. The molecule has 0 saturated heterocycles. The van der Waals surface area contributed by atoms with Gasteiger partial charge in [0.15, 0.2) is 0 Å². The van der Waals surface area contributed by atoms with Crippen molar-refractivity contribution in [3.05, 3.63) is 35.4 Å². The van der Waals surface area contributed by atoms with Gasteiger partial charge in [-0.1, -0.05) is 51.0 Å². The van der Waals surface area contributed by atoms with E-state index in [-0.39, 0.29) is 0 Å². The van der Waals surface area contributed by atoms with Crippen LogP contribution in [0.25, 0.3) is 0 Å². The van der Waals surface area contributed by atoms with Crippen molar-refractivity contribution in [1.29, 1.82) is 0 Å². The van der Waals surface area contributed by atoms with Crippen LogP contribution >= 0.6 is 0 Å². The molecule has 0 aromatic heterocycles. The fourth-order valence-corrected chi connectivity index (χ4v) is 2.02. The summed E-state index contributed by atoms with van der Waals surface area (Å²) in [6.45, 7) is 4.45. The fraction of sp³-hybridized carbons (Fsp3) is 0.500. The van der Waals surface area contributed by atoms with E-state index >= 15 is 0 Å². The molecule has 0 aliphatic carbocycles. The molecular formula is C14H20O. The Balaban J connectivity index is 2.76. The van der Waals surface area contributed by atoms with E-state index in [1.165, 1.54) is 31.2 Å². The largest absolute Gasteiger partial charge is 0.298 e. The maximum absolute atomic E-state index is 10.5. The molecule has 1 aromatic rings. The zero-order chi connectivity index (χ0) is 11.1. The van der Waals surface area contributed by atoms with Crippen LogP contribution < -0.4 is 0 Å². The average molecular weight is 204 g/mol. The van der Waals surface area contributed by atoms with Crippen LogP contribution in [0.15, 0.2) is 24.3 Å². The van der Waals surface area contributed by atoms with Crippen molar-refractivity contribution in [2.75, 3.05) is 0 Å². The molecule has 0 fully saturated rings. The molecule has 1 heteroatoms. The Bertz CT molecular complexity index is 281. The van der Waals surface area contributed by atoms with Gasteiger partial charge in [0.25, 0.3) is 0 Å². The summed E-state index contributed by atoms with van der Waals surface area (Å²) >= 11 is 0. The Morgan fingerprint density at radius 3 is 2.00 bits per heavy atom. The first kappa shape index (κ1) is 12.0. The van der Waals surface area contributed by atoms with Gasteiger partial charge in [-0.3, -0.25) is 4.79 Å². The first-order chi connectivity index (χ1) is 7.31. The quantitative estimate of drug-likeness (QED) is 0.635. The highest BCUT2D eigenvalue weighted by Crippen LogP contribution is 2.26. The number of hydrogen-bond acceptors (Lipinski definition) is 1. The molecule has 82 valence electrons. The lowest BCUT2D eigenvalue weighted by Crippen LogP contribution is -1.98. The first-order valence-electron chi connectivity index (χ1n) is 5.87. The van der Waals surface area contributed by atoms with Gasteiger partial charge in [0, 0.05) is 5.56 Å². The van der Waals surface area contributed by atoms with Crippen LogP contribution in [-0.2, 0) is 0 Å². The molecular weight excluding hydrogens is 184 g/mol. The third-order valence-corrected chi connectivity index (χ3v) is 2.82. The summed E-state index contributed by atoms with van der Waals surface area (Å²) in [5, 5.41) is 0. The predicted octanol–water partition coefficient (Wildman–Crippen LogP) is 4.18. The van der Waals surface area contributed by atoms with Crippen LogP contribution in [0, 0.1) is 0 Å². The zero-order valence-corrected chi connectivity index (χ0v) is 9.70. The van der Waals surface area contributed by atoms with Crippen molar-refractivity contribution < 1.29 is 4.79 Å². The van der Waals surface area contributed by atoms with E-state index in [4.69, 9.17) is 0 Å². The molecule has 0 bridgehead atoms. The van der Waals surface area contributed by atoms with Gasteiger partial charge >= 0.3 is 0 Å². The summed E-state index contributed by atoms with van der Waals surface area (Å²) in [4.78, 5) is 10.5. The normalized spacial score (nSPS) is 10.6. The van der Waals surface area contributed by atoms with Gasteiger partial charge in [0.2, 0.25) is 0 Å². The second-order valence-corrected chi connectivity index (χ2v) is 4.06. The number of carbonyl (C=O) groups is 1. The monoisotopic (exact) mass is 204 g/mol. The molecule has 0 radical (unpaired) electrons. The second-order valence-electron chi connectivity index (χ2n) is 4.06. The Morgan fingerprint density at radius 1 is 1.07 bits per heavy atom. The van der Waals surface area contributed by atoms with Crippen LogP contribution in [0.2, 0.25) is 0 Å². The maximum Gasteiger partial charge on any atom is 0.150 e. The fourth-order valence-electron chi connectivity index (χ4n) is 2.02. The predicted molar refractivity (Wildman–Crippen MR) is 64.4 cm³/mol. The third kappa shape index (κ3) is 3.50. The van der Waals surface area contributed by atoms with Crippen molar-refractivity contribution in [3.8, 4) is 0 Å². The minimum Gasteiger partial charge on any atom is -0.298 e. The summed E-state index contributed by atoms with van der Waals surface area (Å²) in [7, 11) is 0. The number of carbonyl (C=O) groups excluding carboxylic acids is 1. The zero-order valence-electron chi connectivity index (χ0n) is 9.70. The van der Waals surface area contributed by atoms with Crippen molar-refractivity contribution in [3.63, 3.8) is 0 Å². The van der Waals surface area contributed by atoms with Crippen LogP contribution in [0.3, 0.4) is 0 Å². The second kappa shape index (κ2) is 6.39. The van der Waals surface area contributed by atoms with Crippen LogP contribution in [0.1, 0.15) is 61.4 Å². The summed E-state index contributed by atoms with van der Waals surface area (Å²) in [6, 6.07) is 8.03. The highest BCUT2D eigenvalue weighted by Gasteiger charge is 2.08. The molecule has 0 aliphatic heterocycles. The van der Waals surface area contributed by atoms with E-state index in [1.54, 1.807) is 0 Å². The van der Waals surface area contributed by atoms with Gasteiger partial charge in [-0.25, -0.2) is 0 Å². The molecule has 0 unspecified atom stereocenters. The standard InChI is InChI=1S/C14H20O/c1-3-5-13(6-4-2)14-9-7-12(11-15)8-10-14/h7-11,13H,3-6H2,1-2H3. The van der Waals surface area contributed by atoms with Crippen molar-refractivity contribution >= 4 is 6.29 Å². The molecule has 0 aliphatic rings. The molecule has 1 rings (SSSR count). The minimum absolute atomic E-state index is 0.667. The van der Waals surface area contributed by atoms with E-state index in [0.717, 1.165) is 11.8 Å². The Hall–Kier alpha value is -1.11. The molecule has 1 aromatic carbocycles. The molecule has 0 saturated carbocycles. The van der Waals surface area contributed by atoms with Gasteiger partial charge in [-0.15, -0.1) is 0 Å². The number of hydrogen-bond donors (Lipinski definition) is 0. The molecule has 1 nitrogen and oxygen atoms in total. The van der Waals surface area contributed by atoms with Gasteiger partial charge in [-0.2, -0.15) is 0 Å². The maximum atomic E-state index is 10.5. The van der Waals surface area contributed by atoms with Gasteiger partial charge in [-0.05, 0) is 24.3 Å². The van der Waals surface area contributed by atoms with Crippen molar-refractivity contribution in [2.24, 2.45) is 0 Å². The minimum atomic E-state index is 0.667. The number of aldehydes is 1. The summed E-state index contributed by atoms with van der Waals surface area (Å²) in [5.41, 5.74) is 2.15. The summed E-state index contributed by atoms with van der Waals surface area (Å²) in [5.74, 6) is 0.667. The Morgan fingerprint density at radius 2 is 1.60 bits per heavy atom. The number of benzene rings is 1. The van der Waals surface area contributed by atoms with Crippen LogP contribution in [0.5, 0.6) is 0 Å². The number of rotatable bonds is 6. The topological polar surface area (TPSA) is 17.1 Å². The van der Waals surface area contributed by atoms with Crippen LogP contribution in [0.4, 0.5) is 0 Å². The highest BCUT2D eigenvalue weighted by molar-refractivity contribution is 5.74. The van der Waals surface area contributed by atoms with Gasteiger partial charge in [0.1, 0.15) is 6.29 Å². The highest BCUT2D eigenvalue weighted by atomic mass is 16.1. The molecule has 0 amide bonds. The lowest BCUT2D eigenvalue weighted by Gasteiger charge is -2.15. The molecule has 15 heavy (non-hydrogen) atoms. The summed E-state index contributed by atoms with van der Waals surface area (Å²) < 4.78 is 0.